The molecular formula is C16H16Cl2N4O2. The molecule has 2 rings (SSSR count). The maximum Gasteiger partial charge on any atom is 0.267 e. The highest BCUT2D eigenvalue weighted by Crippen LogP contribution is 2.25. The predicted molar refractivity (Wildman–Crippen MR) is 92.6 cm³/mol. The number of anilines is 1. The highest BCUT2D eigenvalue weighted by atomic mass is 35.5. The molecule has 126 valence electrons. The number of piperazine rings is 1. The predicted octanol–water partition coefficient (Wildman–Crippen LogP) is 2.50. The number of benzene rings is 1. The van der Waals surface area contributed by atoms with Gasteiger partial charge in [0, 0.05) is 44.3 Å². The van der Waals surface area contributed by atoms with Crippen molar-refractivity contribution in [3.63, 3.8) is 0 Å². The second kappa shape index (κ2) is 8.04. The van der Waals surface area contributed by atoms with Gasteiger partial charge in [-0.1, -0.05) is 23.2 Å². The van der Waals surface area contributed by atoms with Crippen molar-refractivity contribution in [2.24, 2.45) is 0 Å². The molecule has 0 atom stereocenters. The van der Waals surface area contributed by atoms with Gasteiger partial charge in [0.2, 0.25) is 5.91 Å². The number of hydrogen-bond acceptors (Lipinski definition) is 4. The van der Waals surface area contributed by atoms with Crippen molar-refractivity contribution in [3.8, 4) is 6.07 Å². The number of rotatable bonds is 3. The van der Waals surface area contributed by atoms with Gasteiger partial charge in [-0.3, -0.25) is 9.59 Å². The van der Waals surface area contributed by atoms with Crippen LogP contribution in [0.1, 0.15) is 6.92 Å². The van der Waals surface area contributed by atoms with Crippen LogP contribution in [0.15, 0.2) is 30.0 Å². The standard InChI is InChI=1S/C16H16Cl2N4O2/c1-11(23)22-6-4-21(5-7-22)10-12(9-19)16(24)20-15-8-13(17)2-3-14(15)18/h2-3,8,10H,4-7H2,1H3,(H,20,24)/b12-10-. The van der Waals surface area contributed by atoms with Crippen molar-refractivity contribution < 1.29 is 9.59 Å². The van der Waals surface area contributed by atoms with Gasteiger partial charge in [-0.25, -0.2) is 0 Å². The monoisotopic (exact) mass is 366 g/mol. The molecule has 1 fully saturated rings. The molecule has 1 heterocycles. The molecule has 0 saturated carbocycles. The topological polar surface area (TPSA) is 76.4 Å². The summed E-state index contributed by atoms with van der Waals surface area (Å²) >= 11 is 11.9. The molecule has 24 heavy (non-hydrogen) atoms. The van der Waals surface area contributed by atoms with Crippen LogP contribution in [-0.2, 0) is 9.59 Å². The van der Waals surface area contributed by atoms with Crippen molar-refractivity contribution in [3.05, 3.63) is 40.0 Å². The van der Waals surface area contributed by atoms with Gasteiger partial charge < -0.3 is 15.1 Å². The zero-order valence-electron chi connectivity index (χ0n) is 13.1. The summed E-state index contributed by atoms with van der Waals surface area (Å²) in [7, 11) is 0. The summed E-state index contributed by atoms with van der Waals surface area (Å²) in [6.07, 6.45) is 1.51. The van der Waals surface area contributed by atoms with Gasteiger partial charge in [-0.05, 0) is 18.2 Å². The van der Waals surface area contributed by atoms with Gasteiger partial charge >= 0.3 is 0 Å². The number of carbonyl (C=O) groups excluding carboxylic acids is 2. The first-order valence-electron chi connectivity index (χ1n) is 7.28. The van der Waals surface area contributed by atoms with Gasteiger partial charge in [0.15, 0.2) is 0 Å². The van der Waals surface area contributed by atoms with E-state index in [9.17, 15) is 14.9 Å². The lowest BCUT2D eigenvalue weighted by Crippen LogP contribution is -2.46. The Morgan fingerprint density at radius 2 is 1.92 bits per heavy atom. The Bertz CT molecular complexity index is 719. The minimum Gasteiger partial charge on any atom is -0.373 e. The summed E-state index contributed by atoms with van der Waals surface area (Å²) in [5, 5.41) is 12.6. The summed E-state index contributed by atoms with van der Waals surface area (Å²) in [6, 6.07) is 6.58. The van der Waals surface area contributed by atoms with E-state index < -0.39 is 5.91 Å². The number of carbonyl (C=O) groups is 2. The third kappa shape index (κ3) is 4.63. The van der Waals surface area contributed by atoms with E-state index in [0.29, 0.717) is 41.9 Å². The van der Waals surface area contributed by atoms with E-state index in [1.54, 1.807) is 17.0 Å². The zero-order chi connectivity index (χ0) is 17.7. The minimum absolute atomic E-state index is 0.0208. The SMILES string of the molecule is CC(=O)N1CCN(/C=C(/C#N)C(=O)Nc2cc(Cl)ccc2Cl)CC1. The third-order valence-corrected chi connectivity index (χ3v) is 4.18. The molecule has 1 saturated heterocycles. The number of nitriles is 1. The minimum atomic E-state index is -0.560. The second-order valence-electron chi connectivity index (χ2n) is 5.27. The molecule has 0 spiro atoms. The normalized spacial score (nSPS) is 15.0. The molecule has 0 aromatic heterocycles. The first kappa shape index (κ1) is 18.1. The van der Waals surface area contributed by atoms with Crippen LogP contribution in [0.25, 0.3) is 0 Å². The van der Waals surface area contributed by atoms with E-state index in [0.717, 1.165) is 0 Å². The van der Waals surface area contributed by atoms with Crippen molar-refractivity contribution in [1.29, 1.82) is 5.26 Å². The van der Waals surface area contributed by atoms with Crippen LogP contribution in [0.5, 0.6) is 0 Å². The molecule has 1 aliphatic heterocycles. The van der Waals surface area contributed by atoms with Crippen molar-refractivity contribution in [2.45, 2.75) is 6.92 Å². The number of nitrogens with zero attached hydrogens (tertiary/aromatic N) is 3. The second-order valence-corrected chi connectivity index (χ2v) is 6.12. The van der Waals surface area contributed by atoms with Crippen LogP contribution in [0.3, 0.4) is 0 Å². The maximum absolute atomic E-state index is 12.3. The Morgan fingerprint density at radius 1 is 1.25 bits per heavy atom. The van der Waals surface area contributed by atoms with E-state index in [4.69, 9.17) is 23.2 Å². The van der Waals surface area contributed by atoms with Crippen LogP contribution in [0.4, 0.5) is 5.69 Å². The number of amides is 2. The van der Waals surface area contributed by atoms with E-state index in [-0.39, 0.29) is 11.5 Å². The van der Waals surface area contributed by atoms with Crippen LogP contribution in [-0.4, -0.2) is 47.8 Å². The van der Waals surface area contributed by atoms with Gasteiger partial charge in [-0.15, -0.1) is 0 Å². The van der Waals surface area contributed by atoms with Gasteiger partial charge in [0.1, 0.15) is 11.6 Å². The lowest BCUT2D eigenvalue weighted by molar-refractivity contribution is -0.130. The lowest BCUT2D eigenvalue weighted by Gasteiger charge is -2.33. The quantitative estimate of drug-likeness (QED) is 0.658. The summed E-state index contributed by atoms with van der Waals surface area (Å²) < 4.78 is 0. The van der Waals surface area contributed by atoms with Crippen molar-refractivity contribution in [2.75, 3.05) is 31.5 Å². The van der Waals surface area contributed by atoms with Crippen molar-refractivity contribution >= 4 is 40.7 Å². The van der Waals surface area contributed by atoms with Gasteiger partial charge in [0.25, 0.3) is 5.91 Å². The van der Waals surface area contributed by atoms with E-state index in [1.165, 1.54) is 19.2 Å². The number of halogens is 2. The maximum atomic E-state index is 12.3. The first-order valence-corrected chi connectivity index (χ1v) is 8.04. The fourth-order valence-corrected chi connectivity index (χ4v) is 2.61. The van der Waals surface area contributed by atoms with Crippen molar-refractivity contribution in [1.82, 2.24) is 9.80 Å². The summed E-state index contributed by atoms with van der Waals surface area (Å²) in [5.41, 5.74) is 0.305. The van der Waals surface area contributed by atoms with E-state index in [1.807, 2.05) is 11.0 Å². The molecule has 0 bridgehead atoms. The van der Waals surface area contributed by atoms with Crippen LogP contribution < -0.4 is 5.32 Å². The zero-order valence-corrected chi connectivity index (χ0v) is 14.6. The average Bonchev–Trinajstić information content (AvgIpc) is 2.56. The molecule has 1 N–H and O–H groups in total. The van der Waals surface area contributed by atoms with Gasteiger partial charge in [-0.2, -0.15) is 5.26 Å². The fraction of sp³-hybridized carbons (Fsp3) is 0.312. The van der Waals surface area contributed by atoms with Crippen LogP contribution >= 0.6 is 23.2 Å². The number of hydrogen-bond donors (Lipinski definition) is 1. The Balaban J connectivity index is 2.05. The average molecular weight is 367 g/mol. The van der Waals surface area contributed by atoms with E-state index in [2.05, 4.69) is 5.32 Å². The van der Waals surface area contributed by atoms with Crippen LogP contribution in [0, 0.1) is 11.3 Å². The molecule has 2 amide bonds. The fourth-order valence-electron chi connectivity index (χ4n) is 2.27. The first-order chi connectivity index (χ1) is 11.4. The highest BCUT2D eigenvalue weighted by molar-refractivity contribution is 6.35. The molecule has 1 aromatic rings. The van der Waals surface area contributed by atoms with Gasteiger partial charge in [0.05, 0.1) is 10.7 Å². The molecule has 8 heteroatoms. The van der Waals surface area contributed by atoms with Crippen LogP contribution in [0.2, 0.25) is 10.0 Å². The number of nitrogens with one attached hydrogen (secondary N) is 1. The lowest BCUT2D eigenvalue weighted by atomic mass is 10.2. The summed E-state index contributed by atoms with van der Waals surface area (Å²) in [4.78, 5) is 27.1. The summed E-state index contributed by atoms with van der Waals surface area (Å²) in [6.45, 7) is 3.78. The molecule has 1 aliphatic rings. The molecule has 0 aliphatic carbocycles. The largest absolute Gasteiger partial charge is 0.373 e. The molecule has 6 nitrogen and oxygen atoms in total. The molecule has 0 unspecified atom stereocenters. The Morgan fingerprint density at radius 3 is 2.50 bits per heavy atom. The van der Waals surface area contributed by atoms with E-state index >= 15 is 0 Å². The highest BCUT2D eigenvalue weighted by Gasteiger charge is 2.19. The Kier molecular flexibility index (Phi) is 6.07. The smallest absolute Gasteiger partial charge is 0.267 e. The third-order valence-electron chi connectivity index (χ3n) is 3.61. The molecule has 1 aromatic carbocycles. The molecule has 0 radical (unpaired) electrons. The Labute approximate surface area is 150 Å². The Hall–Kier alpha value is -2.23. The summed E-state index contributed by atoms with van der Waals surface area (Å²) in [5.74, 6) is -0.539. The molecular weight excluding hydrogens is 351 g/mol.